The average molecular weight is 305 g/mol. The third-order valence-corrected chi connectivity index (χ3v) is 5.43. The molecular weight excluding hydrogens is 289 g/mol. The van der Waals surface area contributed by atoms with Gasteiger partial charge in [-0.05, 0) is 30.5 Å². The predicted octanol–water partition coefficient (Wildman–Crippen LogP) is 3.11. The first-order valence-corrected chi connectivity index (χ1v) is 8.50. The van der Waals surface area contributed by atoms with Gasteiger partial charge in [0.2, 0.25) is 10.0 Å². The molecule has 0 spiro atoms. The molecule has 0 amide bonds. The smallest absolute Gasteiger partial charge is 0.239 e. The molecule has 0 bridgehead atoms. The van der Waals surface area contributed by atoms with Crippen LogP contribution < -0.4 is 4.31 Å². The molecule has 2 aromatic rings. The Labute approximate surface area is 124 Å². The summed E-state index contributed by atoms with van der Waals surface area (Å²) in [6.07, 6.45) is 1.66. The first-order valence-electron chi connectivity index (χ1n) is 6.90. The van der Waals surface area contributed by atoms with E-state index in [1.165, 1.54) is 16.4 Å². The maximum atomic E-state index is 13.7. The van der Waals surface area contributed by atoms with E-state index >= 15 is 0 Å². The fourth-order valence-electron chi connectivity index (χ4n) is 2.68. The number of anilines is 1. The van der Waals surface area contributed by atoms with Crippen molar-refractivity contribution >= 4 is 15.7 Å². The van der Waals surface area contributed by atoms with Gasteiger partial charge in [0.15, 0.2) is 0 Å². The van der Waals surface area contributed by atoms with Gasteiger partial charge in [0.05, 0.1) is 11.4 Å². The van der Waals surface area contributed by atoms with Crippen molar-refractivity contribution in [3.63, 3.8) is 0 Å². The minimum atomic E-state index is -3.58. The molecule has 0 fully saturated rings. The minimum Gasteiger partial charge on any atom is -0.270 e. The summed E-state index contributed by atoms with van der Waals surface area (Å²) < 4.78 is 40.4. The number of aryl methyl sites for hydroxylation is 1. The largest absolute Gasteiger partial charge is 0.270 e. The normalized spacial score (nSPS) is 14.8. The molecule has 0 unspecified atom stereocenters. The highest BCUT2D eigenvalue weighted by Gasteiger charge is 2.28. The zero-order valence-electron chi connectivity index (χ0n) is 11.5. The maximum absolute atomic E-state index is 13.7. The fraction of sp³-hybridized carbons (Fsp3) is 0.250. The zero-order chi connectivity index (χ0) is 14.9. The number of sulfonamides is 1. The second-order valence-electron chi connectivity index (χ2n) is 5.15. The molecule has 0 saturated heterocycles. The van der Waals surface area contributed by atoms with Gasteiger partial charge in [0.25, 0.3) is 0 Å². The highest BCUT2D eigenvalue weighted by molar-refractivity contribution is 7.92. The molecule has 0 saturated carbocycles. The van der Waals surface area contributed by atoms with Crippen LogP contribution in [0.25, 0.3) is 0 Å². The second-order valence-corrected chi connectivity index (χ2v) is 7.05. The van der Waals surface area contributed by atoms with E-state index in [9.17, 15) is 12.8 Å². The molecule has 21 heavy (non-hydrogen) atoms. The molecule has 0 radical (unpaired) electrons. The molecule has 0 N–H and O–H groups in total. The van der Waals surface area contributed by atoms with Gasteiger partial charge in [-0.25, -0.2) is 12.8 Å². The van der Waals surface area contributed by atoms with E-state index in [2.05, 4.69) is 0 Å². The molecule has 0 aliphatic carbocycles. The SMILES string of the molecule is O=S(=O)(Cc1ccccc1F)N1CCCc2ccccc21. The van der Waals surface area contributed by atoms with Crippen LogP contribution in [0, 0.1) is 5.82 Å². The van der Waals surface area contributed by atoms with Crippen LogP contribution in [0.1, 0.15) is 17.5 Å². The van der Waals surface area contributed by atoms with Crippen molar-refractivity contribution in [2.75, 3.05) is 10.8 Å². The van der Waals surface area contributed by atoms with Crippen molar-refractivity contribution < 1.29 is 12.8 Å². The number of fused-ring (bicyclic) bond motifs is 1. The van der Waals surface area contributed by atoms with E-state index in [1.54, 1.807) is 12.1 Å². The summed E-state index contributed by atoms with van der Waals surface area (Å²) in [7, 11) is -3.58. The second kappa shape index (κ2) is 5.48. The van der Waals surface area contributed by atoms with Crippen LogP contribution in [0.15, 0.2) is 48.5 Å². The lowest BCUT2D eigenvalue weighted by Gasteiger charge is -2.30. The topological polar surface area (TPSA) is 37.4 Å². The number of halogens is 1. The Hall–Kier alpha value is -1.88. The van der Waals surface area contributed by atoms with E-state index in [0.29, 0.717) is 6.54 Å². The van der Waals surface area contributed by atoms with Gasteiger partial charge in [0, 0.05) is 12.1 Å². The molecule has 1 aliphatic rings. The van der Waals surface area contributed by atoms with Crippen LogP contribution in [-0.2, 0) is 22.2 Å². The van der Waals surface area contributed by atoms with E-state index in [-0.39, 0.29) is 11.3 Å². The Balaban J connectivity index is 1.95. The summed E-state index contributed by atoms with van der Waals surface area (Å²) in [5, 5.41) is 0. The Kier molecular flexibility index (Phi) is 3.68. The van der Waals surface area contributed by atoms with Crippen LogP contribution in [0.5, 0.6) is 0 Å². The highest BCUT2D eigenvalue weighted by Crippen LogP contribution is 2.30. The van der Waals surface area contributed by atoms with Gasteiger partial charge in [0.1, 0.15) is 5.82 Å². The van der Waals surface area contributed by atoms with Crippen molar-refractivity contribution in [3.05, 3.63) is 65.5 Å². The van der Waals surface area contributed by atoms with Crippen LogP contribution in [0.4, 0.5) is 10.1 Å². The number of nitrogens with zero attached hydrogens (tertiary/aromatic N) is 1. The van der Waals surface area contributed by atoms with E-state index in [1.807, 2.05) is 24.3 Å². The van der Waals surface area contributed by atoms with E-state index in [4.69, 9.17) is 0 Å². The fourth-order valence-corrected chi connectivity index (χ4v) is 4.35. The Bertz CT molecular complexity index is 758. The van der Waals surface area contributed by atoms with Crippen LogP contribution in [-0.4, -0.2) is 15.0 Å². The van der Waals surface area contributed by atoms with Crippen LogP contribution >= 0.6 is 0 Å². The van der Waals surface area contributed by atoms with Gasteiger partial charge in [-0.2, -0.15) is 0 Å². The zero-order valence-corrected chi connectivity index (χ0v) is 12.3. The van der Waals surface area contributed by atoms with Crippen molar-refractivity contribution in [1.29, 1.82) is 0 Å². The van der Waals surface area contributed by atoms with Crippen molar-refractivity contribution in [2.45, 2.75) is 18.6 Å². The summed E-state index contributed by atoms with van der Waals surface area (Å²) in [6, 6.07) is 13.5. The first kappa shape index (κ1) is 14.1. The third-order valence-electron chi connectivity index (χ3n) is 3.70. The van der Waals surface area contributed by atoms with Gasteiger partial charge < -0.3 is 0 Å². The van der Waals surface area contributed by atoms with Gasteiger partial charge >= 0.3 is 0 Å². The summed E-state index contributed by atoms with van der Waals surface area (Å²) in [5.41, 5.74) is 1.96. The molecule has 3 rings (SSSR count). The highest BCUT2D eigenvalue weighted by atomic mass is 32.2. The van der Waals surface area contributed by atoms with Gasteiger partial charge in [-0.3, -0.25) is 4.31 Å². The van der Waals surface area contributed by atoms with Crippen LogP contribution in [0.3, 0.4) is 0 Å². The summed E-state index contributed by atoms with van der Waals surface area (Å²) in [5.74, 6) is -0.792. The Morgan fingerprint density at radius 3 is 2.57 bits per heavy atom. The van der Waals surface area contributed by atoms with E-state index < -0.39 is 15.8 Å². The lowest BCUT2D eigenvalue weighted by atomic mass is 10.0. The standard InChI is InChI=1S/C16H16FNO2S/c17-15-9-3-1-7-14(15)12-21(19,20)18-11-5-8-13-6-2-4-10-16(13)18/h1-4,6-7,9-10H,5,8,11-12H2. The number of para-hydroxylation sites is 1. The van der Waals surface area contributed by atoms with Crippen molar-refractivity contribution in [3.8, 4) is 0 Å². The molecule has 3 nitrogen and oxygen atoms in total. The van der Waals surface area contributed by atoms with E-state index in [0.717, 1.165) is 24.1 Å². The summed E-state index contributed by atoms with van der Waals surface area (Å²) >= 11 is 0. The van der Waals surface area contributed by atoms with Crippen LogP contribution in [0.2, 0.25) is 0 Å². The molecule has 5 heteroatoms. The number of rotatable bonds is 3. The molecular formula is C16H16FNO2S. The summed E-state index contributed by atoms with van der Waals surface area (Å²) in [4.78, 5) is 0. The molecule has 1 aliphatic heterocycles. The van der Waals surface area contributed by atoms with Crippen molar-refractivity contribution in [1.82, 2.24) is 0 Å². The number of benzene rings is 2. The molecule has 110 valence electrons. The lowest BCUT2D eigenvalue weighted by Crippen LogP contribution is -2.36. The van der Waals surface area contributed by atoms with Gasteiger partial charge in [-0.1, -0.05) is 36.4 Å². The quantitative estimate of drug-likeness (QED) is 0.874. The average Bonchev–Trinajstić information content (AvgIpc) is 2.49. The molecule has 0 atom stereocenters. The number of hydrogen-bond donors (Lipinski definition) is 0. The molecule has 2 aromatic carbocycles. The first-order chi connectivity index (χ1) is 10.1. The molecule has 1 heterocycles. The predicted molar refractivity (Wildman–Crippen MR) is 81.1 cm³/mol. The monoisotopic (exact) mass is 305 g/mol. The Morgan fingerprint density at radius 1 is 1.05 bits per heavy atom. The number of hydrogen-bond acceptors (Lipinski definition) is 2. The molecule has 0 aromatic heterocycles. The van der Waals surface area contributed by atoms with Crippen molar-refractivity contribution in [2.24, 2.45) is 0 Å². The third kappa shape index (κ3) is 2.78. The maximum Gasteiger partial charge on any atom is 0.239 e. The summed E-state index contributed by atoms with van der Waals surface area (Å²) in [6.45, 7) is 0.452. The van der Waals surface area contributed by atoms with Gasteiger partial charge in [-0.15, -0.1) is 0 Å². The Morgan fingerprint density at radius 2 is 1.76 bits per heavy atom. The minimum absolute atomic E-state index is 0.209. The lowest BCUT2D eigenvalue weighted by molar-refractivity contribution is 0.579.